The summed E-state index contributed by atoms with van der Waals surface area (Å²) in [6, 6.07) is 8.42. The first-order valence-electron chi connectivity index (χ1n) is 7.05. The van der Waals surface area contributed by atoms with Gasteiger partial charge in [0, 0.05) is 12.1 Å². The third kappa shape index (κ3) is 4.67. The molecule has 0 aliphatic rings. The Balaban J connectivity index is 1.97. The van der Waals surface area contributed by atoms with Crippen molar-refractivity contribution < 1.29 is 19.2 Å². The first-order chi connectivity index (χ1) is 11.8. The number of carbonyl (C=O) groups excluding carboxylic acids is 2. The molecule has 2 aromatic carbocycles. The van der Waals surface area contributed by atoms with Crippen LogP contribution in [0.1, 0.15) is 15.9 Å². The van der Waals surface area contributed by atoms with E-state index in [2.05, 4.69) is 5.32 Å². The van der Waals surface area contributed by atoms with Crippen LogP contribution in [0.25, 0.3) is 0 Å². The molecule has 3 N–H and O–H groups in total. The minimum absolute atomic E-state index is 0.0632. The lowest BCUT2D eigenvalue weighted by molar-refractivity contribution is -0.384. The van der Waals surface area contributed by atoms with Gasteiger partial charge in [-0.15, -0.1) is 0 Å². The summed E-state index contributed by atoms with van der Waals surface area (Å²) in [5.41, 5.74) is 6.50. The van der Waals surface area contributed by atoms with Crippen LogP contribution in [0, 0.1) is 17.0 Å². The van der Waals surface area contributed by atoms with Gasteiger partial charge < -0.3 is 15.8 Å². The maximum absolute atomic E-state index is 11.9. The zero-order valence-corrected chi connectivity index (χ0v) is 13.9. The van der Waals surface area contributed by atoms with Crippen LogP contribution >= 0.6 is 11.6 Å². The minimum atomic E-state index is -0.863. The van der Waals surface area contributed by atoms with Gasteiger partial charge >= 0.3 is 5.97 Å². The number of nitro benzene ring substituents is 1. The second-order valence-electron chi connectivity index (χ2n) is 5.14. The van der Waals surface area contributed by atoms with Crippen molar-refractivity contribution in [3.8, 4) is 0 Å². The predicted molar refractivity (Wildman–Crippen MR) is 92.6 cm³/mol. The number of benzene rings is 2. The van der Waals surface area contributed by atoms with Gasteiger partial charge in [0.1, 0.15) is 0 Å². The lowest BCUT2D eigenvalue weighted by Gasteiger charge is -2.09. The summed E-state index contributed by atoms with van der Waals surface area (Å²) in [4.78, 5) is 33.8. The third-order valence-corrected chi connectivity index (χ3v) is 3.51. The van der Waals surface area contributed by atoms with E-state index in [4.69, 9.17) is 22.1 Å². The number of ether oxygens (including phenoxy) is 1. The van der Waals surface area contributed by atoms with Crippen LogP contribution in [0.4, 0.5) is 17.1 Å². The van der Waals surface area contributed by atoms with Gasteiger partial charge in [-0.1, -0.05) is 17.7 Å². The highest BCUT2D eigenvalue weighted by Crippen LogP contribution is 2.23. The number of anilines is 2. The summed E-state index contributed by atoms with van der Waals surface area (Å²) in [5.74, 6) is -1.45. The maximum atomic E-state index is 11.9. The summed E-state index contributed by atoms with van der Waals surface area (Å²) in [7, 11) is 0. The second kappa shape index (κ2) is 7.63. The van der Waals surface area contributed by atoms with Crippen molar-refractivity contribution in [1.29, 1.82) is 0 Å². The van der Waals surface area contributed by atoms with Crippen LogP contribution in [-0.4, -0.2) is 23.4 Å². The van der Waals surface area contributed by atoms with Crippen molar-refractivity contribution in [2.45, 2.75) is 6.92 Å². The smallest absolute Gasteiger partial charge is 0.340 e. The highest BCUT2D eigenvalue weighted by atomic mass is 35.5. The Hall–Kier alpha value is -3.13. The number of hydrogen-bond acceptors (Lipinski definition) is 6. The van der Waals surface area contributed by atoms with E-state index in [0.717, 1.165) is 17.7 Å². The number of non-ortho nitro benzene ring substituents is 1. The van der Waals surface area contributed by atoms with Crippen molar-refractivity contribution in [1.82, 2.24) is 0 Å². The highest BCUT2D eigenvalue weighted by molar-refractivity contribution is 6.33. The molecule has 2 rings (SSSR count). The fourth-order valence-corrected chi connectivity index (χ4v) is 2.25. The number of carbonyl (C=O) groups is 2. The van der Waals surface area contributed by atoms with Crippen LogP contribution in [0.3, 0.4) is 0 Å². The van der Waals surface area contributed by atoms with E-state index in [1.807, 2.05) is 6.92 Å². The quantitative estimate of drug-likeness (QED) is 0.364. The van der Waals surface area contributed by atoms with Crippen LogP contribution in [0.5, 0.6) is 0 Å². The molecule has 0 atom stereocenters. The molecule has 0 aromatic heterocycles. The molecule has 25 heavy (non-hydrogen) atoms. The van der Waals surface area contributed by atoms with E-state index >= 15 is 0 Å². The van der Waals surface area contributed by atoms with Gasteiger partial charge in [0.05, 0.1) is 26.9 Å². The monoisotopic (exact) mass is 363 g/mol. The SMILES string of the molecule is Cc1ccc(NC(=O)COC(=O)c2ccc([N+](=O)[O-])cc2N)c(Cl)c1. The van der Waals surface area contributed by atoms with Gasteiger partial charge in [0.2, 0.25) is 0 Å². The number of nitro groups is 1. The Morgan fingerprint density at radius 3 is 2.60 bits per heavy atom. The lowest BCUT2D eigenvalue weighted by Crippen LogP contribution is -2.21. The van der Waals surface area contributed by atoms with Crippen LogP contribution < -0.4 is 11.1 Å². The number of nitrogen functional groups attached to an aromatic ring is 1. The van der Waals surface area contributed by atoms with Crippen LogP contribution in [0.15, 0.2) is 36.4 Å². The summed E-state index contributed by atoms with van der Waals surface area (Å²) >= 11 is 6.00. The molecule has 9 heteroatoms. The molecule has 0 radical (unpaired) electrons. The molecule has 1 amide bonds. The molecule has 0 heterocycles. The molecule has 8 nitrogen and oxygen atoms in total. The van der Waals surface area contributed by atoms with Crippen LogP contribution in [0.2, 0.25) is 5.02 Å². The molecule has 0 aliphatic carbocycles. The van der Waals surface area contributed by atoms with E-state index in [1.54, 1.807) is 18.2 Å². The number of rotatable bonds is 5. The molecular weight excluding hydrogens is 350 g/mol. The van der Waals surface area contributed by atoms with Gasteiger partial charge in [-0.05, 0) is 30.7 Å². The molecule has 0 unspecified atom stereocenters. The van der Waals surface area contributed by atoms with E-state index in [-0.39, 0.29) is 16.9 Å². The molecular formula is C16H14ClN3O5. The highest BCUT2D eigenvalue weighted by Gasteiger charge is 2.17. The topological polar surface area (TPSA) is 125 Å². The first kappa shape index (κ1) is 18.2. The number of esters is 1. The molecule has 0 fully saturated rings. The van der Waals surface area contributed by atoms with Gasteiger partial charge in [0.15, 0.2) is 6.61 Å². The van der Waals surface area contributed by atoms with Crippen molar-refractivity contribution in [2.24, 2.45) is 0 Å². The normalized spacial score (nSPS) is 10.2. The average Bonchev–Trinajstić information content (AvgIpc) is 2.55. The molecule has 0 spiro atoms. The van der Waals surface area contributed by atoms with Gasteiger partial charge in [-0.3, -0.25) is 14.9 Å². The van der Waals surface area contributed by atoms with E-state index in [1.165, 1.54) is 6.07 Å². The molecule has 0 saturated carbocycles. The van der Waals surface area contributed by atoms with E-state index < -0.39 is 23.4 Å². The zero-order chi connectivity index (χ0) is 18.6. The first-order valence-corrected chi connectivity index (χ1v) is 7.43. The maximum Gasteiger partial charge on any atom is 0.340 e. The van der Waals surface area contributed by atoms with E-state index in [9.17, 15) is 19.7 Å². The summed E-state index contributed by atoms with van der Waals surface area (Å²) < 4.78 is 4.86. The molecule has 2 aromatic rings. The average molecular weight is 364 g/mol. The fraction of sp³-hybridized carbons (Fsp3) is 0.125. The number of nitrogens with one attached hydrogen (secondary N) is 1. The Bertz CT molecular complexity index is 854. The number of hydrogen-bond donors (Lipinski definition) is 2. The van der Waals surface area contributed by atoms with Gasteiger partial charge in [-0.25, -0.2) is 4.79 Å². The summed E-state index contributed by atoms with van der Waals surface area (Å²) in [6.07, 6.45) is 0. The number of nitrogens with two attached hydrogens (primary N) is 1. The second-order valence-corrected chi connectivity index (χ2v) is 5.54. The van der Waals surface area contributed by atoms with E-state index in [0.29, 0.717) is 10.7 Å². The van der Waals surface area contributed by atoms with Crippen LogP contribution in [-0.2, 0) is 9.53 Å². The standard InChI is InChI=1S/C16H14ClN3O5/c1-9-2-5-14(12(17)6-9)19-15(21)8-25-16(22)11-4-3-10(20(23)24)7-13(11)18/h2-7H,8,18H2,1H3,(H,19,21). The van der Waals surface area contributed by atoms with Gasteiger partial charge in [0.25, 0.3) is 11.6 Å². The Morgan fingerprint density at radius 2 is 2.00 bits per heavy atom. The number of halogens is 1. The predicted octanol–water partition coefficient (Wildman–Crippen LogP) is 2.93. The molecule has 0 bridgehead atoms. The third-order valence-electron chi connectivity index (χ3n) is 3.20. The molecule has 0 aliphatic heterocycles. The minimum Gasteiger partial charge on any atom is -0.452 e. The van der Waals surface area contributed by atoms with Crippen molar-refractivity contribution in [3.05, 3.63) is 62.7 Å². The Morgan fingerprint density at radius 1 is 1.28 bits per heavy atom. The fourth-order valence-electron chi connectivity index (χ4n) is 1.97. The molecule has 0 saturated heterocycles. The summed E-state index contributed by atoms with van der Waals surface area (Å²) in [5, 5.41) is 13.5. The largest absolute Gasteiger partial charge is 0.452 e. The number of amides is 1. The van der Waals surface area contributed by atoms with Crippen molar-refractivity contribution in [3.63, 3.8) is 0 Å². The summed E-state index contributed by atoms with van der Waals surface area (Å²) in [6.45, 7) is 1.30. The number of nitrogens with zero attached hydrogens (tertiary/aromatic N) is 1. The van der Waals surface area contributed by atoms with Crippen molar-refractivity contribution in [2.75, 3.05) is 17.7 Å². The number of aryl methyl sites for hydroxylation is 1. The lowest BCUT2D eigenvalue weighted by atomic mass is 10.1. The van der Waals surface area contributed by atoms with Gasteiger partial charge in [-0.2, -0.15) is 0 Å². The molecule has 130 valence electrons. The van der Waals surface area contributed by atoms with Crippen molar-refractivity contribution >= 4 is 40.5 Å². The Kier molecular flexibility index (Phi) is 5.56. The Labute approximate surface area is 147 Å². The zero-order valence-electron chi connectivity index (χ0n) is 13.1.